The Balaban J connectivity index is 2.57. The lowest BCUT2D eigenvalue weighted by Crippen LogP contribution is -2.33. The van der Waals surface area contributed by atoms with E-state index in [1.54, 1.807) is 25.1 Å². The zero-order valence-electron chi connectivity index (χ0n) is 7.73. The van der Waals surface area contributed by atoms with Gasteiger partial charge in [-0.05, 0) is 19.1 Å². The number of nitrogens with one attached hydrogen (secondary N) is 1. The average Bonchev–Trinajstić information content (AvgIpc) is 2.24. The Morgan fingerprint density at radius 2 is 2.14 bits per heavy atom. The van der Waals surface area contributed by atoms with Crippen LogP contribution in [0.1, 0.15) is 6.92 Å². The molecule has 5 heteroatoms. The molecule has 1 aromatic carbocycles. The van der Waals surface area contributed by atoms with Crippen LogP contribution in [0.5, 0.6) is 5.75 Å². The van der Waals surface area contributed by atoms with Crippen LogP contribution in [0.15, 0.2) is 29.2 Å². The van der Waals surface area contributed by atoms with Crippen LogP contribution in [0.4, 0.5) is 0 Å². The summed E-state index contributed by atoms with van der Waals surface area (Å²) in [6.07, 6.45) is 0. The average molecular weight is 213 g/mol. The molecule has 0 saturated heterocycles. The number of para-hydroxylation sites is 1. The van der Waals surface area contributed by atoms with Gasteiger partial charge in [0.2, 0.25) is 10.0 Å². The van der Waals surface area contributed by atoms with Crippen LogP contribution in [-0.4, -0.2) is 21.1 Å². The van der Waals surface area contributed by atoms with Crippen LogP contribution < -0.4 is 9.46 Å². The smallest absolute Gasteiger partial charge is 0.244 e. The van der Waals surface area contributed by atoms with Gasteiger partial charge in [0.05, 0.1) is 6.04 Å². The second-order valence-electron chi connectivity index (χ2n) is 3.28. The van der Waals surface area contributed by atoms with Gasteiger partial charge >= 0.3 is 0 Å². The molecule has 1 aromatic rings. The zero-order chi connectivity index (χ0) is 10.2. The van der Waals surface area contributed by atoms with E-state index in [4.69, 9.17) is 4.74 Å². The van der Waals surface area contributed by atoms with Crippen LogP contribution in [-0.2, 0) is 10.0 Å². The van der Waals surface area contributed by atoms with Gasteiger partial charge in [-0.2, -0.15) is 0 Å². The minimum absolute atomic E-state index is 0.201. The first-order valence-corrected chi connectivity index (χ1v) is 5.82. The highest BCUT2D eigenvalue weighted by Gasteiger charge is 2.25. The van der Waals surface area contributed by atoms with Crippen molar-refractivity contribution in [2.75, 3.05) is 6.61 Å². The Morgan fingerprint density at radius 1 is 1.43 bits per heavy atom. The van der Waals surface area contributed by atoms with Crippen LogP contribution >= 0.6 is 0 Å². The van der Waals surface area contributed by atoms with E-state index >= 15 is 0 Å². The topological polar surface area (TPSA) is 55.4 Å². The minimum Gasteiger partial charge on any atom is -0.491 e. The molecule has 0 saturated carbocycles. The summed E-state index contributed by atoms with van der Waals surface area (Å²) in [7, 11) is -3.40. The lowest BCUT2D eigenvalue weighted by molar-refractivity contribution is 0.288. The van der Waals surface area contributed by atoms with Crippen LogP contribution in [0.25, 0.3) is 0 Å². The first-order valence-electron chi connectivity index (χ1n) is 4.34. The lowest BCUT2D eigenvalue weighted by atomic mass is 10.3. The molecule has 1 aliphatic heterocycles. The molecule has 2 rings (SSSR count). The largest absolute Gasteiger partial charge is 0.491 e. The van der Waals surface area contributed by atoms with Crippen molar-refractivity contribution >= 4 is 10.0 Å². The molecule has 0 spiro atoms. The van der Waals surface area contributed by atoms with Crippen molar-refractivity contribution in [3.8, 4) is 5.75 Å². The molecular weight excluding hydrogens is 202 g/mol. The third kappa shape index (κ3) is 1.60. The van der Waals surface area contributed by atoms with E-state index < -0.39 is 10.0 Å². The number of hydrogen-bond acceptors (Lipinski definition) is 3. The Hall–Kier alpha value is -1.07. The summed E-state index contributed by atoms with van der Waals surface area (Å²) in [5.41, 5.74) is 0. The lowest BCUT2D eigenvalue weighted by Gasteiger charge is -2.06. The third-order valence-electron chi connectivity index (χ3n) is 1.98. The van der Waals surface area contributed by atoms with Gasteiger partial charge in [0.25, 0.3) is 0 Å². The Morgan fingerprint density at radius 3 is 2.93 bits per heavy atom. The van der Waals surface area contributed by atoms with Crippen molar-refractivity contribution < 1.29 is 13.2 Å². The van der Waals surface area contributed by atoms with Crippen molar-refractivity contribution in [2.24, 2.45) is 0 Å². The number of ether oxygens (including phenoxy) is 1. The molecule has 1 aliphatic rings. The van der Waals surface area contributed by atoms with E-state index in [9.17, 15) is 8.42 Å². The first kappa shape index (κ1) is 9.48. The van der Waals surface area contributed by atoms with Crippen molar-refractivity contribution in [2.45, 2.75) is 17.9 Å². The van der Waals surface area contributed by atoms with Crippen molar-refractivity contribution in [3.05, 3.63) is 24.3 Å². The number of hydrogen-bond donors (Lipinski definition) is 1. The number of benzene rings is 1. The SMILES string of the molecule is C[C@H]1COc2ccccc2S(=O)(=O)N1. The maximum Gasteiger partial charge on any atom is 0.244 e. The molecule has 1 heterocycles. The second kappa shape index (κ2) is 3.25. The molecule has 0 bridgehead atoms. The molecule has 0 amide bonds. The van der Waals surface area contributed by atoms with Crippen molar-refractivity contribution in [1.82, 2.24) is 4.72 Å². The van der Waals surface area contributed by atoms with Gasteiger partial charge in [-0.3, -0.25) is 0 Å². The van der Waals surface area contributed by atoms with E-state index in [1.807, 2.05) is 0 Å². The third-order valence-corrected chi connectivity index (χ3v) is 3.61. The summed E-state index contributed by atoms with van der Waals surface area (Å²) >= 11 is 0. The maximum absolute atomic E-state index is 11.7. The fourth-order valence-electron chi connectivity index (χ4n) is 1.37. The second-order valence-corrected chi connectivity index (χ2v) is 4.96. The summed E-state index contributed by atoms with van der Waals surface area (Å²) in [6, 6.07) is 6.43. The van der Waals surface area contributed by atoms with Crippen LogP contribution in [0.3, 0.4) is 0 Å². The molecule has 0 radical (unpaired) electrons. The van der Waals surface area contributed by atoms with Gasteiger partial charge in [0, 0.05) is 0 Å². The summed E-state index contributed by atoms with van der Waals surface area (Å²) in [4.78, 5) is 0.212. The number of fused-ring (bicyclic) bond motifs is 1. The summed E-state index contributed by atoms with van der Waals surface area (Å²) in [5, 5.41) is 0. The van der Waals surface area contributed by atoms with Crippen LogP contribution in [0, 0.1) is 0 Å². The van der Waals surface area contributed by atoms with Gasteiger partial charge in [-0.25, -0.2) is 13.1 Å². The molecule has 0 unspecified atom stereocenters. The Bertz CT molecular complexity index is 441. The Kier molecular flexibility index (Phi) is 2.20. The van der Waals surface area contributed by atoms with Gasteiger partial charge < -0.3 is 4.74 Å². The normalized spacial score (nSPS) is 24.5. The number of sulfonamides is 1. The maximum atomic E-state index is 11.7. The molecule has 1 atom stereocenters. The van der Waals surface area contributed by atoms with Crippen molar-refractivity contribution in [3.63, 3.8) is 0 Å². The Labute approximate surface area is 82.9 Å². The zero-order valence-corrected chi connectivity index (χ0v) is 8.54. The van der Waals surface area contributed by atoms with Gasteiger partial charge in [0.1, 0.15) is 17.3 Å². The molecule has 0 aliphatic carbocycles. The molecule has 0 fully saturated rings. The van der Waals surface area contributed by atoms with Gasteiger partial charge in [-0.15, -0.1) is 0 Å². The van der Waals surface area contributed by atoms with Gasteiger partial charge in [0.15, 0.2) is 0 Å². The highest BCUT2D eigenvalue weighted by atomic mass is 32.2. The highest BCUT2D eigenvalue weighted by Crippen LogP contribution is 2.25. The predicted molar refractivity (Wildman–Crippen MR) is 51.7 cm³/mol. The summed E-state index contributed by atoms with van der Waals surface area (Å²) in [5.74, 6) is 0.421. The fraction of sp³-hybridized carbons (Fsp3) is 0.333. The molecular formula is C9H11NO3S. The molecule has 1 N–H and O–H groups in total. The van der Waals surface area contributed by atoms with E-state index in [1.165, 1.54) is 6.07 Å². The van der Waals surface area contributed by atoms with Gasteiger partial charge in [-0.1, -0.05) is 12.1 Å². The first-order chi connectivity index (χ1) is 6.59. The van der Waals surface area contributed by atoms with E-state index in [0.717, 1.165) is 0 Å². The van der Waals surface area contributed by atoms with E-state index in [2.05, 4.69) is 4.72 Å². The van der Waals surface area contributed by atoms with E-state index in [-0.39, 0.29) is 10.9 Å². The quantitative estimate of drug-likeness (QED) is 0.691. The van der Waals surface area contributed by atoms with Crippen molar-refractivity contribution in [1.29, 1.82) is 0 Å². The summed E-state index contributed by atoms with van der Waals surface area (Å²) in [6.45, 7) is 2.12. The van der Waals surface area contributed by atoms with Crippen LogP contribution in [0.2, 0.25) is 0 Å². The molecule has 14 heavy (non-hydrogen) atoms. The summed E-state index contributed by atoms with van der Waals surface area (Å²) < 4.78 is 31.3. The molecule has 0 aromatic heterocycles. The predicted octanol–water partition coefficient (Wildman–Crippen LogP) is 0.746. The van der Waals surface area contributed by atoms with E-state index in [0.29, 0.717) is 12.4 Å². The minimum atomic E-state index is -3.40. The highest BCUT2D eigenvalue weighted by molar-refractivity contribution is 7.89. The number of rotatable bonds is 0. The molecule has 76 valence electrons. The fourth-order valence-corrected chi connectivity index (χ4v) is 2.74. The monoisotopic (exact) mass is 213 g/mol. The molecule has 4 nitrogen and oxygen atoms in total. The standard InChI is InChI=1S/C9H11NO3S/c1-7-6-13-8-4-2-3-5-9(8)14(11,12)10-7/h2-5,7,10H,6H2,1H3/t7-/m0/s1.